The van der Waals surface area contributed by atoms with E-state index in [9.17, 15) is 4.79 Å². The summed E-state index contributed by atoms with van der Waals surface area (Å²) in [6, 6.07) is -0.461. The summed E-state index contributed by atoms with van der Waals surface area (Å²) in [5.74, 6) is 5.44. The predicted molar refractivity (Wildman–Crippen MR) is 50.6 cm³/mol. The molecule has 6 heteroatoms. The average molecular weight is 200 g/mol. The van der Waals surface area contributed by atoms with E-state index in [0.29, 0.717) is 6.42 Å². The maximum atomic E-state index is 10.6. The molecule has 11 heavy (non-hydrogen) atoms. The van der Waals surface area contributed by atoms with Crippen LogP contribution in [0.15, 0.2) is 0 Å². The number of hydrazine groups is 1. The molecule has 68 valence electrons. The van der Waals surface area contributed by atoms with E-state index in [1.807, 2.05) is 11.7 Å². The average Bonchev–Trinajstić information content (AvgIpc) is 1.98. The van der Waals surface area contributed by atoms with Gasteiger partial charge in [-0.1, -0.05) is 0 Å². The Morgan fingerprint density at radius 3 is 2.64 bits per heavy atom. The van der Waals surface area contributed by atoms with Crippen molar-refractivity contribution in [2.45, 2.75) is 12.5 Å². The molecule has 4 nitrogen and oxygen atoms in total. The van der Waals surface area contributed by atoms with E-state index in [0.717, 1.165) is 5.75 Å². The van der Waals surface area contributed by atoms with E-state index < -0.39 is 6.04 Å². The maximum absolute atomic E-state index is 10.6. The molecule has 0 saturated carbocycles. The lowest BCUT2D eigenvalue weighted by molar-refractivity contribution is -0.122. The second kappa shape index (κ2) is 8.13. The van der Waals surface area contributed by atoms with Crippen molar-refractivity contribution >= 4 is 30.1 Å². The molecule has 0 aliphatic heterocycles. The molecule has 0 fully saturated rings. The predicted octanol–water partition coefficient (Wildman–Crippen LogP) is -0.521. The number of nitrogens with one attached hydrogen (secondary N) is 1. The standard InChI is InChI=1S/C5H13N3OS.ClH/c1-10-3-2-4(6)5(9)8-7;/h4H,2-3,6-7H2,1H3,(H,8,9);1H. The summed E-state index contributed by atoms with van der Waals surface area (Å²) in [7, 11) is 0. The van der Waals surface area contributed by atoms with Crippen molar-refractivity contribution in [3.8, 4) is 0 Å². The Bertz CT molecular complexity index is 114. The monoisotopic (exact) mass is 199 g/mol. The topological polar surface area (TPSA) is 81.1 Å². The molecule has 0 aromatic heterocycles. The molecular weight excluding hydrogens is 186 g/mol. The van der Waals surface area contributed by atoms with Gasteiger partial charge in [-0.05, 0) is 18.4 Å². The zero-order valence-corrected chi connectivity index (χ0v) is 8.00. The molecule has 1 unspecified atom stereocenters. The maximum Gasteiger partial charge on any atom is 0.250 e. The van der Waals surface area contributed by atoms with Crippen LogP contribution in [0.25, 0.3) is 0 Å². The second-order valence-electron chi connectivity index (χ2n) is 1.90. The fourth-order valence-electron chi connectivity index (χ4n) is 0.483. The third kappa shape index (κ3) is 6.43. The molecule has 0 heterocycles. The van der Waals surface area contributed by atoms with Crippen LogP contribution in [-0.2, 0) is 4.79 Å². The first-order valence-corrected chi connectivity index (χ1v) is 4.36. The Kier molecular flexibility index (Phi) is 10.1. The first-order chi connectivity index (χ1) is 4.72. The lowest BCUT2D eigenvalue weighted by atomic mass is 10.2. The van der Waals surface area contributed by atoms with Crippen LogP contribution in [0.2, 0.25) is 0 Å². The lowest BCUT2D eigenvalue weighted by Gasteiger charge is -2.07. The van der Waals surface area contributed by atoms with Crippen LogP contribution in [0.5, 0.6) is 0 Å². The fourth-order valence-corrected chi connectivity index (χ4v) is 0.973. The van der Waals surface area contributed by atoms with Crippen molar-refractivity contribution in [1.82, 2.24) is 5.43 Å². The number of carbonyl (C=O) groups is 1. The number of hydrogen-bond donors (Lipinski definition) is 3. The molecule has 5 N–H and O–H groups in total. The first-order valence-electron chi connectivity index (χ1n) is 2.97. The highest BCUT2D eigenvalue weighted by molar-refractivity contribution is 7.98. The van der Waals surface area contributed by atoms with Crippen molar-refractivity contribution in [3.05, 3.63) is 0 Å². The van der Waals surface area contributed by atoms with Gasteiger partial charge in [0.1, 0.15) is 0 Å². The Hall–Kier alpha value is 0.0300. The highest BCUT2D eigenvalue weighted by atomic mass is 35.5. The van der Waals surface area contributed by atoms with Gasteiger partial charge in [0, 0.05) is 0 Å². The van der Waals surface area contributed by atoms with Crippen molar-refractivity contribution in [2.24, 2.45) is 11.6 Å². The van der Waals surface area contributed by atoms with Gasteiger partial charge < -0.3 is 5.73 Å². The lowest BCUT2D eigenvalue weighted by Crippen LogP contribution is -2.44. The van der Waals surface area contributed by atoms with Gasteiger partial charge in [0.05, 0.1) is 6.04 Å². The molecule has 0 aromatic rings. The third-order valence-corrected chi connectivity index (χ3v) is 1.76. The van der Waals surface area contributed by atoms with E-state index in [4.69, 9.17) is 11.6 Å². The highest BCUT2D eigenvalue weighted by Gasteiger charge is 2.09. The first kappa shape index (κ1) is 13.6. The van der Waals surface area contributed by atoms with Gasteiger partial charge in [0.2, 0.25) is 0 Å². The van der Waals surface area contributed by atoms with Crippen LogP contribution in [-0.4, -0.2) is 24.0 Å². The minimum absolute atomic E-state index is 0. The fraction of sp³-hybridized carbons (Fsp3) is 0.800. The zero-order valence-electron chi connectivity index (χ0n) is 6.37. The molecule has 0 aliphatic carbocycles. The number of amides is 1. The van der Waals surface area contributed by atoms with Crippen molar-refractivity contribution in [1.29, 1.82) is 0 Å². The second-order valence-corrected chi connectivity index (χ2v) is 2.88. The Morgan fingerprint density at radius 1 is 1.73 bits per heavy atom. The van der Waals surface area contributed by atoms with Gasteiger partial charge in [0.25, 0.3) is 5.91 Å². The summed E-state index contributed by atoms with van der Waals surface area (Å²) in [5.41, 5.74) is 7.41. The Morgan fingerprint density at radius 2 is 2.27 bits per heavy atom. The van der Waals surface area contributed by atoms with Crippen LogP contribution >= 0.6 is 24.2 Å². The molecule has 0 saturated heterocycles. The number of hydrogen-bond acceptors (Lipinski definition) is 4. The van der Waals surface area contributed by atoms with E-state index >= 15 is 0 Å². The quantitative estimate of drug-likeness (QED) is 0.323. The number of rotatable bonds is 4. The summed E-state index contributed by atoms with van der Waals surface area (Å²) < 4.78 is 0. The van der Waals surface area contributed by atoms with E-state index in [1.54, 1.807) is 11.8 Å². The van der Waals surface area contributed by atoms with E-state index in [1.165, 1.54) is 0 Å². The van der Waals surface area contributed by atoms with E-state index in [2.05, 4.69) is 0 Å². The molecule has 0 rings (SSSR count). The van der Waals surface area contributed by atoms with Crippen molar-refractivity contribution in [2.75, 3.05) is 12.0 Å². The van der Waals surface area contributed by atoms with Crippen molar-refractivity contribution in [3.63, 3.8) is 0 Å². The number of nitrogens with two attached hydrogens (primary N) is 2. The molecule has 1 amide bonds. The molecule has 0 aliphatic rings. The summed E-state index contributed by atoms with van der Waals surface area (Å²) in [5, 5.41) is 0. The normalized spacial score (nSPS) is 11.5. The third-order valence-electron chi connectivity index (χ3n) is 1.11. The van der Waals surface area contributed by atoms with Crippen LogP contribution in [0.4, 0.5) is 0 Å². The van der Waals surface area contributed by atoms with Crippen LogP contribution < -0.4 is 17.0 Å². The minimum atomic E-state index is -0.461. The smallest absolute Gasteiger partial charge is 0.250 e. The zero-order chi connectivity index (χ0) is 7.98. The Balaban J connectivity index is 0. The number of halogens is 1. The minimum Gasteiger partial charge on any atom is -0.320 e. The molecule has 0 bridgehead atoms. The van der Waals surface area contributed by atoms with Crippen molar-refractivity contribution < 1.29 is 4.79 Å². The Labute approximate surface area is 76.8 Å². The van der Waals surface area contributed by atoms with Crippen LogP contribution in [0, 0.1) is 0 Å². The highest BCUT2D eigenvalue weighted by Crippen LogP contribution is 1.97. The van der Waals surface area contributed by atoms with Crippen LogP contribution in [0.1, 0.15) is 6.42 Å². The summed E-state index contributed by atoms with van der Waals surface area (Å²) in [6.45, 7) is 0. The van der Waals surface area contributed by atoms with Gasteiger partial charge in [-0.25, -0.2) is 5.84 Å². The SMILES string of the molecule is CSCCC(N)C(=O)NN.Cl. The number of thioether (sulfide) groups is 1. The van der Waals surface area contributed by atoms with Gasteiger partial charge in [-0.15, -0.1) is 12.4 Å². The summed E-state index contributed by atoms with van der Waals surface area (Å²) in [6.07, 6.45) is 2.64. The van der Waals surface area contributed by atoms with Crippen LogP contribution in [0.3, 0.4) is 0 Å². The van der Waals surface area contributed by atoms with E-state index in [-0.39, 0.29) is 18.3 Å². The molecule has 1 atom stereocenters. The summed E-state index contributed by atoms with van der Waals surface area (Å²) in [4.78, 5) is 10.6. The van der Waals surface area contributed by atoms with Gasteiger partial charge in [-0.3, -0.25) is 10.2 Å². The van der Waals surface area contributed by atoms with Gasteiger partial charge >= 0.3 is 0 Å². The molecular formula is C5H14ClN3OS. The number of carbonyl (C=O) groups excluding carboxylic acids is 1. The molecule has 0 spiro atoms. The summed E-state index contributed by atoms with van der Waals surface area (Å²) >= 11 is 1.66. The molecule has 0 radical (unpaired) electrons. The largest absolute Gasteiger partial charge is 0.320 e. The van der Waals surface area contributed by atoms with Gasteiger partial charge in [0.15, 0.2) is 0 Å². The molecule has 0 aromatic carbocycles. The van der Waals surface area contributed by atoms with Gasteiger partial charge in [-0.2, -0.15) is 11.8 Å².